The van der Waals surface area contributed by atoms with E-state index in [1.165, 1.54) is 0 Å². The van der Waals surface area contributed by atoms with E-state index >= 15 is 0 Å². The van der Waals surface area contributed by atoms with Gasteiger partial charge in [-0.15, -0.1) is 17.0 Å². The van der Waals surface area contributed by atoms with Crippen molar-refractivity contribution in [2.45, 2.75) is 17.7 Å². The van der Waals surface area contributed by atoms with E-state index in [1.807, 2.05) is 12.1 Å². The fourth-order valence-corrected chi connectivity index (χ4v) is 1.90. The molecular weight excluding hydrogens is 298 g/mol. The molecule has 1 aliphatic rings. The normalized spacial score (nSPS) is 20.4. The van der Waals surface area contributed by atoms with Gasteiger partial charge in [-0.2, -0.15) is 0 Å². The average Bonchev–Trinajstić information content (AvgIpc) is 2.12. The van der Waals surface area contributed by atoms with Crippen LogP contribution < -0.4 is 0 Å². The van der Waals surface area contributed by atoms with Crippen molar-refractivity contribution < 1.29 is 4.79 Å². The maximum absolute atomic E-state index is 11.5. The van der Waals surface area contributed by atoms with Crippen LogP contribution in [0.3, 0.4) is 0 Å². The van der Waals surface area contributed by atoms with E-state index in [4.69, 9.17) is 0 Å². The number of rotatable bonds is 0. The maximum atomic E-state index is 11.5. The van der Waals surface area contributed by atoms with E-state index in [0.717, 1.165) is 24.1 Å². The Labute approximate surface area is 95.6 Å². The molecule has 0 fully saturated rings. The summed E-state index contributed by atoms with van der Waals surface area (Å²) in [5.74, 6) is 0.171. The van der Waals surface area contributed by atoms with Crippen molar-refractivity contribution in [1.29, 1.82) is 0 Å². The van der Waals surface area contributed by atoms with Gasteiger partial charge in [0.25, 0.3) is 0 Å². The van der Waals surface area contributed by atoms with Gasteiger partial charge in [0.15, 0.2) is 5.78 Å². The van der Waals surface area contributed by atoms with Crippen LogP contribution in [-0.4, -0.2) is 15.6 Å². The zero-order valence-electron chi connectivity index (χ0n) is 6.87. The molecule has 0 aromatic carbocycles. The van der Waals surface area contributed by atoms with Gasteiger partial charge in [0, 0.05) is 11.8 Å². The second-order valence-electron chi connectivity index (χ2n) is 2.87. The summed E-state index contributed by atoms with van der Waals surface area (Å²) >= 11 is 3.35. The molecule has 0 radical (unpaired) electrons. The maximum Gasteiger partial charge on any atom is 0.178 e. The Bertz CT molecular complexity index is 327. The predicted octanol–water partition coefficient (Wildman–Crippen LogP) is 2.55. The third kappa shape index (κ3) is 1.99. The minimum absolute atomic E-state index is 0. The van der Waals surface area contributed by atoms with Crippen LogP contribution in [0.5, 0.6) is 0 Å². The van der Waals surface area contributed by atoms with Gasteiger partial charge in [0.05, 0.1) is 10.5 Å². The summed E-state index contributed by atoms with van der Waals surface area (Å²) < 4.78 is 0. The first-order valence-corrected chi connectivity index (χ1v) is 4.83. The van der Waals surface area contributed by atoms with Crippen LogP contribution in [0, 0.1) is 0 Å². The SMILES string of the molecule is Br.O=C1c2cccnc2CCC1Br. The van der Waals surface area contributed by atoms with Crippen LogP contribution in [0.1, 0.15) is 22.5 Å². The number of aromatic nitrogens is 1. The number of ketones is 1. The molecule has 1 aromatic rings. The van der Waals surface area contributed by atoms with Crippen LogP contribution >= 0.6 is 32.9 Å². The molecule has 70 valence electrons. The second kappa shape index (κ2) is 4.33. The first-order valence-electron chi connectivity index (χ1n) is 3.91. The summed E-state index contributed by atoms with van der Waals surface area (Å²) in [6, 6.07) is 3.65. The molecule has 1 aromatic heterocycles. The van der Waals surface area contributed by atoms with Gasteiger partial charge in [-0.3, -0.25) is 9.78 Å². The molecule has 1 aliphatic carbocycles. The van der Waals surface area contributed by atoms with Crippen LogP contribution in [0.2, 0.25) is 0 Å². The van der Waals surface area contributed by atoms with Gasteiger partial charge in [-0.05, 0) is 25.0 Å². The number of nitrogens with zero attached hydrogens (tertiary/aromatic N) is 1. The van der Waals surface area contributed by atoms with Crippen molar-refractivity contribution in [2.24, 2.45) is 0 Å². The van der Waals surface area contributed by atoms with Crippen molar-refractivity contribution in [3.63, 3.8) is 0 Å². The van der Waals surface area contributed by atoms with Gasteiger partial charge in [-0.1, -0.05) is 15.9 Å². The van der Waals surface area contributed by atoms with Crippen molar-refractivity contribution in [3.8, 4) is 0 Å². The molecule has 0 spiro atoms. The standard InChI is InChI=1S/C9H8BrNO.BrH/c10-7-3-4-8-6(9(7)12)2-1-5-11-8;/h1-2,5,7H,3-4H2;1H. The van der Waals surface area contributed by atoms with Gasteiger partial charge in [-0.25, -0.2) is 0 Å². The number of carbonyl (C=O) groups excluding carboxylic acids is 1. The van der Waals surface area contributed by atoms with Crippen molar-refractivity contribution in [3.05, 3.63) is 29.6 Å². The van der Waals surface area contributed by atoms with Crippen molar-refractivity contribution in [1.82, 2.24) is 4.98 Å². The number of pyridine rings is 1. The number of hydrogen-bond acceptors (Lipinski definition) is 2. The summed E-state index contributed by atoms with van der Waals surface area (Å²) in [5, 5.41) is 0. The quantitative estimate of drug-likeness (QED) is 0.690. The Kier molecular flexibility index (Phi) is 3.62. The number of fused-ring (bicyclic) bond motifs is 1. The number of hydrogen-bond donors (Lipinski definition) is 0. The summed E-state index contributed by atoms with van der Waals surface area (Å²) in [6.45, 7) is 0. The summed E-state index contributed by atoms with van der Waals surface area (Å²) in [6.07, 6.45) is 3.50. The molecule has 1 atom stereocenters. The molecule has 0 saturated heterocycles. The lowest BCUT2D eigenvalue weighted by Crippen LogP contribution is -2.22. The van der Waals surface area contributed by atoms with Crippen molar-refractivity contribution >= 4 is 38.7 Å². The molecule has 0 saturated carbocycles. The van der Waals surface area contributed by atoms with Gasteiger partial charge >= 0.3 is 0 Å². The Morgan fingerprint density at radius 3 is 3.08 bits per heavy atom. The molecule has 0 bridgehead atoms. The molecule has 0 aliphatic heterocycles. The number of carbonyl (C=O) groups is 1. The second-order valence-corrected chi connectivity index (χ2v) is 3.97. The molecule has 13 heavy (non-hydrogen) atoms. The molecule has 0 amide bonds. The van der Waals surface area contributed by atoms with Gasteiger partial charge in [0.1, 0.15) is 0 Å². The molecule has 1 unspecified atom stereocenters. The van der Waals surface area contributed by atoms with Crippen LogP contribution in [0.15, 0.2) is 18.3 Å². The van der Waals surface area contributed by atoms with Gasteiger partial charge < -0.3 is 0 Å². The first kappa shape index (κ1) is 10.9. The lowest BCUT2D eigenvalue weighted by Gasteiger charge is -2.17. The molecule has 2 rings (SSSR count). The highest BCUT2D eigenvalue weighted by Gasteiger charge is 2.25. The lowest BCUT2D eigenvalue weighted by atomic mass is 9.95. The van der Waals surface area contributed by atoms with E-state index in [2.05, 4.69) is 20.9 Å². The zero-order chi connectivity index (χ0) is 8.55. The summed E-state index contributed by atoms with van der Waals surface area (Å²) in [5.41, 5.74) is 1.73. The largest absolute Gasteiger partial charge is 0.293 e. The minimum Gasteiger partial charge on any atom is -0.293 e. The zero-order valence-corrected chi connectivity index (χ0v) is 10.2. The molecule has 1 heterocycles. The first-order chi connectivity index (χ1) is 5.79. The smallest absolute Gasteiger partial charge is 0.178 e. The molecule has 0 N–H and O–H groups in total. The average molecular weight is 307 g/mol. The van der Waals surface area contributed by atoms with E-state index in [0.29, 0.717) is 0 Å². The van der Waals surface area contributed by atoms with Crippen LogP contribution in [0.25, 0.3) is 0 Å². The number of halogens is 2. The summed E-state index contributed by atoms with van der Waals surface area (Å²) in [7, 11) is 0. The Hall–Kier alpha value is -0.220. The topological polar surface area (TPSA) is 30.0 Å². The fraction of sp³-hybridized carbons (Fsp3) is 0.333. The predicted molar refractivity (Wildman–Crippen MR) is 59.9 cm³/mol. The van der Waals surface area contributed by atoms with Crippen LogP contribution in [-0.2, 0) is 6.42 Å². The highest BCUT2D eigenvalue weighted by atomic mass is 79.9. The monoisotopic (exact) mass is 305 g/mol. The highest BCUT2D eigenvalue weighted by Crippen LogP contribution is 2.23. The fourth-order valence-electron chi connectivity index (χ4n) is 1.42. The Morgan fingerprint density at radius 1 is 1.54 bits per heavy atom. The highest BCUT2D eigenvalue weighted by molar-refractivity contribution is 9.10. The molecular formula is C9H9Br2NO. The number of aryl methyl sites for hydroxylation is 1. The van der Waals surface area contributed by atoms with Gasteiger partial charge in [0.2, 0.25) is 0 Å². The third-order valence-corrected chi connectivity index (χ3v) is 2.95. The van der Waals surface area contributed by atoms with E-state index in [1.54, 1.807) is 6.20 Å². The molecule has 2 nitrogen and oxygen atoms in total. The minimum atomic E-state index is -0.00537. The lowest BCUT2D eigenvalue weighted by molar-refractivity contribution is 0.0980. The Balaban J connectivity index is 0.000000845. The van der Waals surface area contributed by atoms with E-state index < -0.39 is 0 Å². The summed E-state index contributed by atoms with van der Waals surface area (Å²) in [4.78, 5) is 15.7. The molecule has 4 heteroatoms. The Morgan fingerprint density at radius 2 is 2.31 bits per heavy atom. The number of Topliss-reactive ketones (excluding diaryl/α,β-unsaturated/α-hetero) is 1. The van der Waals surface area contributed by atoms with Crippen LogP contribution in [0.4, 0.5) is 0 Å². The third-order valence-electron chi connectivity index (χ3n) is 2.07. The number of alkyl halides is 1. The van der Waals surface area contributed by atoms with E-state index in [9.17, 15) is 4.79 Å². The van der Waals surface area contributed by atoms with E-state index in [-0.39, 0.29) is 27.6 Å². The van der Waals surface area contributed by atoms with Crippen molar-refractivity contribution in [2.75, 3.05) is 0 Å².